The normalized spacial score (nSPS) is 11.8. The van der Waals surface area contributed by atoms with E-state index in [1.165, 1.54) is 24.3 Å². The molecule has 10 heteroatoms. The van der Waals surface area contributed by atoms with Crippen LogP contribution in [0.25, 0.3) is 0 Å². The predicted molar refractivity (Wildman–Crippen MR) is 79.6 cm³/mol. The van der Waals surface area contributed by atoms with Crippen molar-refractivity contribution in [2.24, 2.45) is 5.14 Å². The van der Waals surface area contributed by atoms with Crippen molar-refractivity contribution in [1.29, 1.82) is 0 Å². The van der Waals surface area contributed by atoms with Crippen LogP contribution in [0.5, 0.6) is 5.75 Å². The van der Waals surface area contributed by atoms with E-state index in [1.54, 1.807) is 0 Å². The topological polar surface area (TPSA) is 98.5 Å². The smallest absolute Gasteiger partial charge is 0.371 e. The highest BCUT2D eigenvalue weighted by atomic mass is 32.2. The maximum absolute atomic E-state index is 12.5. The van der Waals surface area contributed by atoms with E-state index in [2.05, 4.69) is 9.50 Å². The van der Waals surface area contributed by atoms with Gasteiger partial charge in [0, 0.05) is 11.3 Å². The van der Waals surface area contributed by atoms with E-state index in [1.807, 2.05) is 0 Å². The van der Waals surface area contributed by atoms with E-state index in [4.69, 9.17) is 5.14 Å². The number of hydrogen-bond donors (Lipinski definition) is 2. The van der Waals surface area contributed by atoms with Gasteiger partial charge in [-0.15, -0.1) is 0 Å². The molecule has 0 heterocycles. The zero-order valence-corrected chi connectivity index (χ0v) is 12.7. The summed E-state index contributed by atoms with van der Waals surface area (Å²) in [4.78, 5) is 12.0. The molecule has 0 radical (unpaired) electrons. The predicted octanol–water partition coefficient (Wildman–Crippen LogP) is 2.54. The van der Waals surface area contributed by atoms with Crippen molar-refractivity contribution < 1.29 is 30.6 Å². The lowest BCUT2D eigenvalue weighted by Gasteiger charge is -2.09. The third-order valence-corrected chi connectivity index (χ3v) is 3.22. The first-order chi connectivity index (χ1) is 11.0. The molecule has 0 fully saturated rings. The van der Waals surface area contributed by atoms with Crippen LogP contribution in [0, 0.1) is 0 Å². The molecule has 2 aromatic carbocycles. The Morgan fingerprint density at radius 3 is 2.00 bits per heavy atom. The van der Waals surface area contributed by atoms with Crippen LogP contribution >= 0.6 is 0 Å². The monoisotopic (exact) mass is 360 g/mol. The van der Waals surface area contributed by atoms with E-state index in [9.17, 15) is 26.4 Å². The number of hydrogen-bond acceptors (Lipinski definition) is 4. The number of amides is 1. The van der Waals surface area contributed by atoms with Crippen molar-refractivity contribution in [3.8, 4) is 5.75 Å². The quantitative estimate of drug-likeness (QED) is 0.875. The Kier molecular flexibility index (Phi) is 4.81. The molecule has 24 heavy (non-hydrogen) atoms. The average molecular weight is 360 g/mol. The summed E-state index contributed by atoms with van der Waals surface area (Å²) in [7, 11) is -4.17. The highest BCUT2D eigenvalue weighted by Gasteiger charge is 2.29. The lowest BCUT2D eigenvalue weighted by Crippen LogP contribution is -2.19. The molecular weight excluding hydrogens is 349 g/mol. The van der Waals surface area contributed by atoms with Crippen molar-refractivity contribution in [3.05, 3.63) is 59.7 Å². The molecule has 6 nitrogen and oxygen atoms in total. The van der Waals surface area contributed by atoms with Crippen molar-refractivity contribution in [2.75, 3.05) is 5.32 Å². The van der Waals surface area contributed by atoms with Crippen LogP contribution in [-0.4, -0.2) is 14.3 Å². The third kappa shape index (κ3) is 4.96. The minimum Gasteiger partial charge on any atom is -0.371 e. The van der Waals surface area contributed by atoms with Crippen molar-refractivity contribution in [2.45, 2.75) is 6.18 Å². The molecule has 0 saturated carbocycles. The summed E-state index contributed by atoms with van der Waals surface area (Å²) in [5.74, 6) is -0.666. The van der Waals surface area contributed by atoms with Gasteiger partial charge in [-0.1, -0.05) is 0 Å². The Hall–Kier alpha value is -2.59. The molecule has 0 bridgehead atoms. The van der Waals surface area contributed by atoms with Crippen LogP contribution in [-0.2, 0) is 16.5 Å². The van der Waals surface area contributed by atoms with E-state index in [0.29, 0.717) is 0 Å². The van der Waals surface area contributed by atoms with E-state index < -0.39 is 28.0 Å². The molecule has 1 amide bonds. The number of rotatable bonds is 4. The molecule has 0 aliphatic rings. The van der Waals surface area contributed by atoms with Crippen LogP contribution < -0.4 is 14.6 Å². The minimum atomic E-state index is -4.46. The van der Waals surface area contributed by atoms with Gasteiger partial charge in [-0.05, 0) is 48.5 Å². The summed E-state index contributed by atoms with van der Waals surface area (Å²) in [6.45, 7) is 0. The zero-order chi connectivity index (χ0) is 18.0. The summed E-state index contributed by atoms with van der Waals surface area (Å²) in [6, 6.07) is 8.92. The van der Waals surface area contributed by atoms with Crippen molar-refractivity contribution in [1.82, 2.24) is 0 Å². The van der Waals surface area contributed by atoms with Gasteiger partial charge in [0.25, 0.3) is 5.91 Å². The summed E-state index contributed by atoms with van der Waals surface area (Å²) in [6.07, 6.45) is -4.46. The largest absolute Gasteiger partial charge is 0.416 e. The first-order valence-corrected chi connectivity index (χ1v) is 7.83. The van der Waals surface area contributed by atoms with Crippen LogP contribution in [0.2, 0.25) is 0 Å². The lowest BCUT2D eigenvalue weighted by atomic mass is 10.1. The zero-order valence-electron chi connectivity index (χ0n) is 11.9. The van der Waals surface area contributed by atoms with Gasteiger partial charge in [-0.2, -0.15) is 26.7 Å². The molecule has 2 rings (SSSR count). The lowest BCUT2D eigenvalue weighted by molar-refractivity contribution is -0.137. The summed E-state index contributed by atoms with van der Waals surface area (Å²) in [5.41, 5.74) is -0.500. The number of nitrogens with two attached hydrogens (primary N) is 1. The molecule has 0 aromatic heterocycles. The molecule has 0 aliphatic carbocycles. The SMILES string of the molecule is NS(=O)(=O)Oc1ccc(C(=O)Nc2ccc(C(F)(F)F)cc2)cc1. The number of alkyl halides is 3. The molecule has 0 saturated heterocycles. The number of carbonyl (C=O) groups excluding carboxylic acids is 1. The first kappa shape index (κ1) is 17.8. The molecular formula is C14H11F3N2O4S. The second-order valence-electron chi connectivity index (χ2n) is 4.63. The van der Waals surface area contributed by atoms with Crippen LogP contribution in [0.1, 0.15) is 15.9 Å². The number of anilines is 1. The van der Waals surface area contributed by atoms with E-state index in [-0.39, 0.29) is 17.0 Å². The minimum absolute atomic E-state index is 0.0800. The van der Waals surface area contributed by atoms with Crippen molar-refractivity contribution in [3.63, 3.8) is 0 Å². The fraction of sp³-hybridized carbons (Fsp3) is 0.0714. The third-order valence-electron chi connectivity index (χ3n) is 2.80. The number of benzene rings is 2. The summed E-state index contributed by atoms with van der Waals surface area (Å²) in [5, 5.41) is 7.12. The molecule has 3 N–H and O–H groups in total. The number of carbonyl (C=O) groups is 1. The Labute approximate surface area is 135 Å². The van der Waals surface area contributed by atoms with Crippen LogP contribution in [0.15, 0.2) is 48.5 Å². The maximum atomic E-state index is 12.5. The van der Waals surface area contributed by atoms with Gasteiger partial charge in [0.15, 0.2) is 0 Å². The molecule has 0 atom stereocenters. The second-order valence-corrected chi connectivity index (χ2v) is 5.78. The number of halogens is 3. The number of nitrogens with one attached hydrogen (secondary N) is 1. The Bertz CT molecular complexity index is 832. The molecule has 0 aliphatic heterocycles. The van der Waals surface area contributed by atoms with E-state index in [0.717, 1.165) is 24.3 Å². The van der Waals surface area contributed by atoms with Gasteiger partial charge < -0.3 is 9.50 Å². The molecule has 0 spiro atoms. The molecule has 128 valence electrons. The maximum Gasteiger partial charge on any atom is 0.416 e. The van der Waals surface area contributed by atoms with Crippen LogP contribution in [0.3, 0.4) is 0 Å². The Morgan fingerprint density at radius 1 is 1.00 bits per heavy atom. The molecule has 2 aromatic rings. The summed E-state index contributed by atoms with van der Waals surface area (Å²) >= 11 is 0. The van der Waals surface area contributed by atoms with Gasteiger partial charge >= 0.3 is 16.5 Å². The fourth-order valence-corrected chi connectivity index (χ4v) is 2.12. The van der Waals surface area contributed by atoms with E-state index >= 15 is 0 Å². The fourth-order valence-electron chi connectivity index (χ4n) is 1.74. The van der Waals surface area contributed by atoms with Gasteiger partial charge in [0.2, 0.25) is 0 Å². The Morgan fingerprint density at radius 2 is 1.54 bits per heavy atom. The van der Waals surface area contributed by atoms with Crippen molar-refractivity contribution >= 4 is 21.9 Å². The van der Waals surface area contributed by atoms with Gasteiger partial charge in [0.05, 0.1) is 5.56 Å². The second kappa shape index (κ2) is 6.49. The Balaban J connectivity index is 2.07. The highest BCUT2D eigenvalue weighted by molar-refractivity contribution is 7.84. The first-order valence-electron chi connectivity index (χ1n) is 6.35. The van der Waals surface area contributed by atoms with Gasteiger partial charge in [-0.25, -0.2) is 0 Å². The molecule has 0 unspecified atom stereocenters. The van der Waals surface area contributed by atoms with Crippen LogP contribution in [0.4, 0.5) is 18.9 Å². The van der Waals surface area contributed by atoms with Gasteiger partial charge in [-0.3, -0.25) is 4.79 Å². The van der Waals surface area contributed by atoms with Gasteiger partial charge in [0.1, 0.15) is 5.75 Å². The average Bonchev–Trinajstić information content (AvgIpc) is 2.46. The summed E-state index contributed by atoms with van der Waals surface area (Å²) < 4.78 is 63.3. The standard InChI is InChI=1S/C14H11F3N2O4S/c15-14(16,17)10-3-5-11(6-4-10)19-13(20)9-1-7-12(8-2-9)23-24(18,21)22/h1-8H,(H,19,20)(H2,18,21,22). The highest BCUT2D eigenvalue weighted by Crippen LogP contribution is 2.29.